The van der Waals surface area contributed by atoms with Gasteiger partial charge in [-0.25, -0.2) is 9.97 Å². The quantitative estimate of drug-likeness (QED) is 0.730. The van der Waals surface area contributed by atoms with Gasteiger partial charge in [-0.15, -0.1) is 0 Å². The van der Waals surface area contributed by atoms with Crippen LogP contribution in [0.25, 0.3) is 0 Å². The lowest BCUT2D eigenvalue weighted by Gasteiger charge is -2.12. The summed E-state index contributed by atoms with van der Waals surface area (Å²) in [5.74, 6) is 0.551. The van der Waals surface area contributed by atoms with Crippen molar-refractivity contribution in [1.82, 2.24) is 15.3 Å². The molecule has 0 unspecified atom stereocenters. The predicted octanol–water partition coefficient (Wildman–Crippen LogP) is 1.34. The normalized spacial score (nSPS) is 10.1. The zero-order chi connectivity index (χ0) is 14.5. The maximum atomic E-state index is 11.8. The Hall–Kier alpha value is -2.63. The number of hydrogen-bond acceptors (Lipinski definition) is 5. The van der Waals surface area contributed by atoms with Crippen LogP contribution in [0.15, 0.2) is 30.5 Å². The largest absolute Gasteiger partial charge is 0.399 e. The van der Waals surface area contributed by atoms with E-state index in [9.17, 15) is 4.79 Å². The highest BCUT2D eigenvalue weighted by Gasteiger charge is 2.10. The Labute approximate surface area is 117 Å². The number of rotatable bonds is 4. The molecule has 6 heteroatoms. The Balaban J connectivity index is 2.20. The maximum absolute atomic E-state index is 11.8. The Morgan fingerprint density at radius 2 is 2.15 bits per heavy atom. The number of nitrogen functional groups attached to an aromatic ring is 1. The summed E-state index contributed by atoms with van der Waals surface area (Å²) < 4.78 is 0. The van der Waals surface area contributed by atoms with Gasteiger partial charge in [0.2, 0.25) is 0 Å². The molecular weight excluding hydrogens is 254 g/mol. The van der Waals surface area contributed by atoms with E-state index in [1.54, 1.807) is 31.4 Å². The lowest BCUT2D eigenvalue weighted by molar-refractivity contribution is 0.0964. The molecule has 0 bridgehead atoms. The predicted molar refractivity (Wildman–Crippen MR) is 78.3 cm³/mol. The second-order valence-corrected chi connectivity index (χ2v) is 4.33. The molecule has 6 nitrogen and oxygen atoms in total. The second kappa shape index (κ2) is 6.01. The third-order valence-electron chi connectivity index (χ3n) is 2.81. The van der Waals surface area contributed by atoms with Crippen molar-refractivity contribution in [3.63, 3.8) is 0 Å². The molecule has 0 saturated carbocycles. The second-order valence-electron chi connectivity index (χ2n) is 4.33. The molecular formula is C14H17N5O. The first-order valence-electron chi connectivity index (χ1n) is 6.24. The number of aryl methyl sites for hydroxylation is 1. The summed E-state index contributed by atoms with van der Waals surface area (Å²) in [4.78, 5) is 20.1. The zero-order valence-electron chi connectivity index (χ0n) is 11.5. The maximum Gasteiger partial charge on any atom is 0.253 e. The number of benzene rings is 1. The molecule has 0 aliphatic heterocycles. The van der Waals surface area contributed by atoms with E-state index in [2.05, 4.69) is 20.6 Å². The summed E-state index contributed by atoms with van der Waals surface area (Å²) in [5, 5.41) is 5.78. The molecule has 2 aromatic rings. The Morgan fingerprint density at radius 1 is 1.35 bits per heavy atom. The molecule has 0 atom stereocenters. The summed E-state index contributed by atoms with van der Waals surface area (Å²) in [6.45, 7) is 2.33. The van der Waals surface area contributed by atoms with E-state index in [4.69, 9.17) is 5.73 Å². The minimum atomic E-state index is -0.161. The van der Waals surface area contributed by atoms with Crippen LogP contribution in [0.5, 0.6) is 0 Å². The van der Waals surface area contributed by atoms with Crippen molar-refractivity contribution < 1.29 is 4.79 Å². The van der Waals surface area contributed by atoms with Crippen LogP contribution in [0, 0.1) is 6.92 Å². The van der Waals surface area contributed by atoms with Crippen LogP contribution in [0.3, 0.4) is 0 Å². The van der Waals surface area contributed by atoms with Gasteiger partial charge in [0.25, 0.3) is 5.91 Å². The molecule has 0 radical (unpaired) electrons. The van der Waals surface area contributed by atoms with Crippen LogP contribution in [0.2, 0.25) is 0 Å². The lowest BCUT2D eigenvalue weighted by atomic mass is 10.1. The van der Waals surface area contributed by atoms with Crippen molar-refractivity contribution in [3.8, 4) is 0 Å². The fourth-order valence-electron chi connectivity index (χ4n) is 1.83. The van der Waals surface area contributed by atoms with Gasteiger partial charge in [0.15, 0.2) is 0 Å². The van der Waals surface area contributed by atoms with E-state index >= 15 is 0 Å². The third kappa shape index (κ3) is 3.23. The van der Waals surface area contributed by atoms with Crippen molar-refractivity contribution in [3.05, 3.63) is 47.5 Å². The summed E-state index contributed by atoms with van der Waals surface area (Å²) in [6.07, 6.45) is 1.71. The summed E-state index contributed by atoms with van der Waals surface area (Å²) in [7, 11) is 1.59. The van der Waals surface area contributed by atoms with E-state index in [-0.39, 0.29) is 5.91 Å². The number of nitrogens with one attached hydrogen (secondary N) is 2. The molecule has 1 heterocycles. The molecule has 0 aliphatic carbocycles. The Morgan fingerprint density at radius 3 is 2.85 bits per heavy atom. The van der Waals surface area contributed by atoms with Gasteiger partial charge in [-0.3, -0.25) is 4.79 Å². The number of nitrogens with two attached hydrogens (primary N) is 1. The molecule has 1 aromatic carbocycles. The van der Waals surface area contributed by atoms with E-state index in [0.717, 1.165) is 5.69 Å². The van der Waals surface area contributed by atoms with E-state index in [0.29, 0.717) is 29.3 Å². The minimum Gasteiger partial charge on any atom is -0.399 e. The topological polar surface area (TPSA) is 92.9 Å². The molecule has 0 aliphatic rings. The van der Waals surface area contributed by atoms with Crippen molar-refractivity contribution >= 4 is 17.3 Å². The van der Waals surface area contributed by atoms with Crippen LogP contribution < -0.4 is 16.4 Å². The minimum absolute atomic E-state index is 0.161. The standard InChI is InChI=1S/C14H17N5O/c1-9-17-6-5-11(19-9)8-18-13-7-10(15)3-4-12(13)14(20)16-2/h3-7,18H,8,15H2,1-2H3,(H,16,20). The van der Waals surface area contributed by atoms with Crippen LogP contribution >= 0.6 is 0 Å². The molecule has 20 heavy (non-hydrogen) atoms. The third-order valence-corrected chi connectivity index (χ3v) is 2.81. The molecule has 0 fully saturated rings. The van der Waals surface area contributed by atoms with Crippen molar-refractivity contribution in [2.24, 2.45) is 0 Å². The smallest absolute Gasteiger partial charge is 0.253 e. The summed E-state index contributed by atoms with van der Waals surface area (Å²) in [6, 6.07) is 6.96. The Kier molecular flexibility index (Phi) is 4.14. The number of hydrogen-bond donors (Lipinski definition) is 3. The highest BCUT2D eigenvalue weighted by atomic mass is 16.1. The van der Waals surface area contributed by atoms with Crippen LogP contribution in [0.4, 0.5) is 11.4 Å². The first-order chi connectivity index (χ1) is 9.60. The molecule has 0 spiro atoms. The van der Waals surface area contributed by atoms with Gasteiger partial charge in [-0.05, 0) is 31.2 Å². The number of aromatic nitrogens is 2. The van der Waals surface area contributed by atoms with Crippen LogP contribution in [0.1, 0.15) is 21.9 Å². The van der Waals surface area contributed by atoms with E-state index in [1.165, 1.54) is 0 Å². The van der Waals surface area contributed by atoms with E-state index in [1.807, 2.05) is 13.0 Å². The van der Waals surface area contributed by atoms with Crippen molar-refractivity contribution in [2.45, 2.75) is 13.5 Å². The molecule has 1 aromatic heterocycles. The molecule has 1 amide bonds. The summed E-state index contributed by atoms with van der Waals surface area (Å²) in [5.41, 5.74) is 8.44. The van der Waals surface area contributed by atoms with Crippen molar-refractivity contribution in [1.29, 1.82) is 0 Å². The van der Waals surface area contributed by atoms with Crippen molar-refractivity contribution in [2.75, 3.05) is 18.1 Å². The highest BCUT2D eigenvalue weighted by molar-refractivity contribution is 6.00. The molecule has 104 valence electrons. The van der Waals surface area contributed by atoms with Gasteiger partial charge in [0.1, 0.15) is 5.82 Å². The number of amides is 1. The van der Waals surface area contributed by atoms with Crippen LogP contribution in [-0.4, -0.2) is 22.9 Å². The number of carbonyl (C=O) groups is 1. The fraction of sp³-hybridized carbons (Fsp3) is 0.214. The average molecular weight is 271 g/mol. The van der Waals surface area contributed by atoms with Gasteiger partial charge in [-0.1, -0.05) is 0 Å². The zero-order valence-corrected chi connectivity index (χ0v) is 11.5. The number of anilines is 2. The van der Waals surface area contributed by atoms with Gasteiger partial charge in [0, 0.05) is 24.6 Å². The first kappa shape index (κ1) is 13.8. The fourth-order valence-corrected chi connectivity index (χ4v) is 1.83. The Bertz CT molecular complexity index is 627. The van der Waals surface area contributed by atoms with E-state index < -0.39 is 0 Å². The van der Waals surface area contributed by atoms with Crippen LogP contribution in [-0.2, 0) is 6.54 Å². The highest BCUT2D eigenvalue weighted by Crippen LogP contribution is 2.19. The number of carbonyl (C=O) groups excluding carboxylic acids is 1. The lowest BCUT2D eigenvalue weighted by Crippen LogP contribution is -2.20. The van der Waals surface area contributed by atoms with Gasteiger partial charge in [-0.2, -0.15) is 0 Å². The first-order valence-corrected chi connectivity index (χ1v) is 6.24. The number of nitrogens with zero attached hydrogens (tertiary/aromatic N) is 2. The average Bonchev–Trinajstić information content (AvgIpc) is 2.44. The van der Waals surface area contributed by atoms with Gasteiger partial charge < -0.3 is 16.4 Å². The molecule has 0 saturated heterocycles. The molecule has 2 rings (SSSR count). The molecule has 4 N–H and O–H groups in total. The SMILES string of the molecule is CNC(=O)c1ccc(N)cc1NCc1ccnc(C)n1. The van der Waals surface area contributed by atoms with Gasteiger partial charge in [0.05, 0.1) is 17.8 Å². The van der Waals surface area contributed by atoms with Gasteiger partial charge >= 0.3 is 0 Å². The summed E-state index contributed by atoms with van der Waals surface area (Å²) >= 11 is 0. The monoisotopic (exact) mass is 271 g/mol.